The minimum atomic E-state index is 0.275. The molecule has 0 aliphatic carbocycles. The molecule has 2 aromatic carbocycles. The number of para-hydroxylation sites is 1. The van der Waals surface area contributed by atoms with Gasteiger partial charge < -0.3 is 4.90 Å². The summed E-state index contributed by atoms with van der Waals surface area (Å²) < 4.78 is 0. The molecule has 2 aromatic rings. The van der Waals surface area contributed by atoms with Crippen LogP contribution in [0.2, 0.25) is 0 Å². The van der Waals surface area contributed by atoms with Crippen LogP contribution in [0.1, 0.15) is 55.4 Å². The molecule has 144 valence electrons. The van der Waals surface area contributed by atoms with Crippen LogP contribution in [0.15, 0.2) is 42.5 Å². The van der Waals surface area contributed by atoms with E-state index in [9.17, 15) is 4.79 Å². The van der Waals surface area contributed by atoms with Gasteiger partial charge in [0.05, 0.1) is 0 Å². The quantitative estimate of drug-likeness (QED) is 0.628. The lowest BCUT2D eigenvalue weighted by molar-refractivity contribution is -0.120. The molecular weight excluding hydrogens is 330 g/mol. The lowest BCUT2D eigenvalue weighted by Gasteiger charge is -2.35. The number of hydrogen-bond acceptors (Lipinski definition) is 1. The van der Waals surface area contributed by atoms with Gasteiger partial charge in [-0.3, -0.25) is 4.79 Å². The van der Waals surface area contributed by atoms with Crippen molar-refractivity contribution in [3.05, 3.63) is 64.7 Å². The molecule has 0 radical (unpaired) electrons. The van der Waals surface area contributed by atoms with Gasteiger partial charge in [0.1, 0.15) is 0 Å². The van der Waals surface area contributed by atoms with E-state index in [1.165, 1.54) is 28.7 Å². The van der Waals surface area contributed by atoms with Crippen LogP contribution in [-0.2, 0) is 17.6 Å². The summed E-state index contributed by atoms with van der Waals surface area (Å²) in [6, 6.07) is 15.2. The average molecular weight is 364 g/mol. The summed E-state index contributed by atoms with van der Waals surface area (Å²) in [6.45, 7) is 9.64. The molecule has 0 saturated carbocycles. The Labute approximate surface area is 164 Å². The maximum absolute atomic E-state index is 12.7. The fraction of sp³-hybridized carbons (Fsp3) is 0.480. The zero-order chi connectivity index (χ0) is 19.4. The van der Waals surface area contributed by atoms with Crippen LogP contribution in [-0.4, -0.2) is 12.5 Å². The van der Waals surface area contributed by atoms with Crippen LogP contribution in [0, 0.1) is 25.7 Å². The van der Waals surface area contributed by atoms with Crippen molar-refractivity contribution in [2.45, 2.75) is 59.8 Å². The first kappa shape index (κ1) is 19.7. The molecule has 2 heteroatoms. The van der Waals surface area contributed by atoms with Gasteiger partial charge in [0.25, 0.3) is 0 Å². The Morgan fingerprint density at radius 2 is 1.67 bits per heavy atom. The molecule has 27 heavy (non-hydrogen) atoms. The van der Waals surface area contributed by atoms with Gasteiger partial charge in [-0.1, -0.05) is 56.3 Å². The fourth-order valence-corrected chi connectivity index (χ4v) is 4.28. The molecular formula is C25H33NO. The maximum Gasteiger partial charge on any atom is 0.227 e. The average Bonchev–Trinajstić information content (AvgIpc) is 2.63. The Morgan fingerprint density at radius 1 is 1.00 bits per heavy atom. The van der Waals surface area contributed by atoms with Crippen molar-refractivity contribution in [1.29, 1.82) is 0 Å². The second-order valence-electron chi connectivity index (χ2n) is 8.55. The number of rotatable bonds is 6. The first-order chi connectivity index (χ1) is 13.0. The summed E-state index contributed by atoms with van der Waals surface area (Å²) in [5, 5.41) is 0. The Bertz CT molecular complexity index is 772. The van der Waals surface area contributed by atoms with Crippen molar-refractivity contribution in [3.8, 4) is 0 Å². The minimum Gasteiger partial charge on any atom is -0.312 e. The Balaban J connectivity index is 1.77. The highest BCUT2D eigenvalue weighted by Crippen LogP contribution is 2.31. The number of carbonyl (C=O) groups is 1. The number of amides is 1. The SMILES string of the molecule is Cc1cccc(C)c1N1CC(Cc2ccccc2CCC(C)C)CCC1=O. The zero-order valence-electron chi connectivity index (χ0n) is 17.3. The molecule has 0 bridgehead atoms. The summed E-state index contributed by atoms with van der Waals surface area (Å²) in [6.07, 6.45) is 5.11. The van der Waals surface area contributed by atoms with Crippen molar-refractivity contribution < 1.29 is 4.79 Å². The predicted molar refractivity (Wildman–Crippen MR) is 114 cm³/mol. The van der Waals surface area contributed by atoms with E-state index in [4.69, 9.17) is 0 Å². The molecule has 1 fully saturated rings. The first-order valence-electron chi connectivity index (χ1n) is 10.4. The topological polar surface area (TPSA) is 20.3 Å². The highest BCUT2D eigenvalue weighted by molar-refractivity contribution is 5.95. The standard InChI is InChI=1S/C25H33NO/c1-18(2)12-14-22-10-5-6-11-23(22)16-21-13-15-24(27)26(17-21)25-19(3)8-7-9-20(25)4/h5-11,18,21H,12-17H2,1-4H3. The summed E-state index contributed by atoms with van der Waals surface area (Å²) in [7, 11) is 0. The molecule has 2 nitrogen and oxygen atoms in total. The van der Waals surface area contributed by atoms with E-state index in [0.717, 1.165) is 37.4 Å². The molecule has 1 amide bonds. The molecule has 1 aliphatic heterocycles. The van der Waals surface area contributed by atoms with Crippen LogP contribution in [0.25, 0.3) is 0 Å². The molecule has 1 atom stereocenters. The van der Waals surface area contributed by atoms with E-state index < -0.39 is 0 Å². The molecule has 1 unspecified atom stereocenters. The Kier molecular flexibility index (Phi) is 6.36. The van der Waals surface area contributed by atoms with Gasteiger partial charge in [-0.25, -0.2) is 0 Å². The third-order valence-corrected chi connectivity index (χ3v) is 5.84. The summed E-state index contributed by atoms with van der Waals surface area (Å²) >= 11 is 0. The van der Waals surface area contributed by atoms with Crippen LogP contribution >= 0.6 is 0 Å². The number of aryl methyl sites for hydroxylation is 3. The molecule has 1 aliphatic rings. The van der Waals surface area contributed by atoms with E-state index in [2.05, 4.69) is 75.1 Å². The highest BCUT2D eigenvalue weighted by Gasteiger charge is 2.28. The van der Waals surface area contributed by atoms with Crippen molar-refractivity contribution in [1.82, 2.24) is 0 Å². The smallest absolute Gasteiger partial charge is 0.227 e. The highest BCUT2D eigenvalue weighted by atomic mass is 16.2. The monoisotopic (exact) mass is 363 g/mol. The number of piperidine rings is 1. The zero-order valence-corrected chi connectivity index (χ0v) is 17.3. The van der Waals surface area contributed by atoms with Crippen molar-refractivity contribution in [2.24, 2.45) is 11.8 Å². The molecule has 0 N–H and O–H groups in total. The van der Waals surface area contributed by atoms with Gasteiger partial charge >= 0.3 is 0 Å². The van der Waals surface area contributed by atoms with Gasteiger partial charge in [-0.15, -0.1) is 0 Å². The number of anilines is 1. The van der Waals surface area contributed by atoms with E-state index in [1.807, 2.05) is 0 Å². The Hall–Kier alpha value is -2.09. The van der Waals surface area contributed by atoms with Gasteiger partial charge in [0.15, 0.2) is 0 Å². The molecule has 0 spiro atoms. The molecule has 3 rings (SSSR count). The fourth-order valence-electron chi connectivity index (χ4n) is 4.28. The second-order valence-corrected chi connectivity index (χ2v) is 8.55. The van der Waals surface area contributed by atoms with Crippen LogP contribution in [0.3, 0.4) is 0 Å². The van der Waals surface area contributed by atoms with Crippen LogP contribution in [0.4, 0.5) is 5.69 Å². The van der Waals surface area contributed by atoms with Crippen molar-refractivity contribution in [3.63, 3.8) is 0 Å². The van der Waals surface area contributed by atoms with E-state index >= 15 is 0 Å². The summed E-state index contributed by atoms with van der Waals surface area (Å²) in [5.74, 6) is 1.53. The summed E-state index contributed by atoms with van der Waals surface area (Å²) in [5.41, 5.74) is 6.48. The van der Waals surface area contributed by atoms with Crippen LogP contribution < -0.4 is 4.90 Å². The number of carbonyl (C=O) groups excluding carboxylic acids is 1. The maximum atomic E-state index is 12.7. The van der Waals surface area contributed by atoms with Crippen LogP contribution in [0.5, 0.6) is 0 Å². The van der Waals surface area contributed by atoms with E-state index in [-0.39, 0.29) is 5.91 Å². The van der Waals surface area contributed by atoms with Gasteiger partial charge in [-0.05, 0) is 73.6 Å². The lowest BCUT2D eigenvalue weighted by Crippen LogP contribution is -2.41. The van der Waals surface area contributed by atoms with Gasteiger partial charge in [-0.2, -0.15) is 0 Å². The molecule has 1 heterocycles. The molecule has 1 saturated heterocycles. The first-order valence-corrected chi connectivity index (χ1v) is 10.4. The lowest BCUT2D eigenvalue weighted by atomic mass is 9.87. The number of hydrogen-bond donors (Lipinski definition) is 0. The Morgan fingerprint density at radius 3 is 2.33 bits per heavy atom. The van der Waals surface area contributed by atoms with Gasteiger partial charge in [0.2, 0.25) is 5.91 Å². The second kappa shape index (κ2) is 8.73. The predicted octanol–water partition coefficient (Wildman–Crippen LogP) is 5.88. The summed E-state index contributed by atoms with van der Waals surface area (Å²) in [4.78, 5) is 14.7. The largest absolute Gasteiger partial charge is 0.312 e. The van der Waals surface area contributed by atoms with E-state index in [1.54, 1.807) is 0 Å². The van der Waals surface area contributed by atoms with Gasteiger partial charge in [0, 0.05) is 18.7 Å². The minimum absolute atomic E-state index is 0.275. The normalized spacial score (nSPS) is 17.6. The molecule has 0 aromatic heterocycles. The van der Waals surface area contributed by atoms with Crippen molar-refractivity contribution in [2.75, 3.05) is 11.4 Å². The third kappa shape index (κ3) is 4.80. The third-order valence-electron chi connectivity index (χ3n) is 5.84. The number of nitrogens with zero attached hydrogens (tertiary/aromatic N) is 1. The number of benzene rings is 2. The van der Waals surface area contributed by atoms with E-state index in [0.29, 0.717) is 12.3 Å². The van der Waals surface area contributed by atoms with Crippen molar-refractivity contribution >= 4 is 11.6 Å².